The molecule has 1 atom stereocenters. The summed E-state index contributed by atoms with van der Waals surface area (Å²) in [7, 11) is 1.96. The predicted molar refractivity (Wildman–Crippen MR) is 129 cm³/mol. The zero-order valence-electron chi connectivity index (χ0n) is 17.7. The number of H-pyrrole nitrogens is 1. The second-order valence-electron chi connectivity index (χ2n) is 6.83. The maximum atomic E-state index is 11.9. The number of carbonyl (C=O) groups is 1. The summed E-state index contributed by atoms with van der Waals surface area (Å²) < 4.78 is 0. The second kappa shape index (κ2) is 13.2. The van der Waals surface area contributed by atoms with Gasteiger partial charge in [0.1, 0.15) is 5.82 Å². The van der Waals surface area contributed by atoms with Gasteiger partial charge in [-0.05, 0) is 25.8 Å². The van der Waals surface area contributed by atoms with Crippen molar-refractivity contribution in [1.82, 2.24) is 25.5 Å². The number of nitrogens with one attached hydrogen (secondary N) is 3. The molecule has 2 rings (SSSR count). The number of guanidine groups is 1. The van der Waals surface area contributed by atoms with Crippen LogP contribution in [0.1, 0.15) is 39.4 Å². The lowest BCUT2D eigenvalue weighted by Crippen LogP contribution is -2.39. The summed E-state index contributed by atoms with van der Waals surface area (Å²) in [6.45, 7) is 7.89. The Morgan fingerprint density at radius 1 is 1.28 bits per heavy atom. The zero-order chi connectivity index (χ0) is 20.4. The first-order valence-electron chi connectivity index (χ1n) is 9.91. The van der Waals surface area contributed by atoms with Crippen LogP contribution >= 0.6 is 24.0 Å². The Kier molecular flexibility index (Phi) is 11.3. The Morgan fingerprint density at radius 2 is 2.00 bits per heavy atom. The highest BCUT2D eigenvalue weighted by molar-refractivity contribution is 14.0. The van der Waals surface area contributed by atoms with Crippen LogP contribution in [0.3, 0.4) is 0 Å². The van der Waals surface area contributed by atoms with Gasteiger partial charge in [-0.2, -0.15) is 0 Å². The first kappa shape index (κ1) is 24.9. The molecule has 1 unspecified atom stereocenters. The maximum absolute atomic E-state index is 11.9. The van der Waals surface area contributed by atoms with E-state index in [2.05, 4.69) is 44.7 Å². The van der Waals surface area contributed by atoms with Crippen LogP contribution in [-0.2, 0) is 11.3 Å². The Hall–Kier alpha value is -2.10. The largest absolute Gasteiger partial charge is 0.357 e. The van der Waals surface area contributed by atoms with Crippen LogP contribution in [0.25, 0.3) is 11.3 Å². The third-order valence-corrected chi connectivity index (χ3v) is 4.42. The molecule has 0 aliphatic carbocycles. The number of aliphatic imine (C=N–C) groups is 1. The molecular weight excluding hydrogens is 479 g/mol. The van der Waals surface area contributed by atoms with Crippen molar-refractivity contribution in [3.63, 3.8) is 0 Å². The van der Waals surface area contributed by atoms with E-state index in [0.29, 0.717) is 19.5 Å². The quantitative estimate of drug-likeness (QED) is 0.273. The summed E-state index contributed by atoms with van der Waals surface area (Å²) in [5.74, 6) is 1.66. The predicted octanol–water partition coefficient (Wildman–Crippen LogP) is 3.40. The SMILES string of the molecule is CCNC(=NCCC(=O)NC(C)CC)N(C)Cc1ncc(-c2ccccc2)[nH]1.I. The van der Waals surface area contributed by atoms with Gasteiger partial charge in [0.25, 0.3) is 0 Å². The molecule has 1 aromatic heterocycles. The maximum Gasteiger partial charge on any atom is 0.222 e. The normalized spacial score (nSPS) is 12.1. The van der Waals surface area contributed by atoms with E-state index in [1.165, 1.54) is 0 Å². The van der Waals surface area contributed by atoms with E-state index in [4.69, 9.17) is 0 Å². The molecule has 160 valence electrons. The number of hydrogen-bond donors (Lipinski definition) is 3. The minimum Gasteiger partial charge on any atom is -0.357 e. The van der Waals surface area contributed by atoms with Gasteiger partial charge in [-0.3, -0.25) is 9.79 Å². The minimum absolute atomic E-state index is 0. The number of imidazole rings is 1. The zero-order valence-corrected chi connectivity index (χ0v) is 20.1. The molecule has 7 nitrogen and oxygen atoms in total. The van der Waals surface area contributed by atoms with E-state index in [9.17, 15) is 4.79 Å². The Labute approximate surface area is 190 Å². The fraction of sp³-hybridized carbons (Fsp3) is 0.476. The number of carbonyl (C=O) groups excluding carboxylic acids is 1. The van der Waals surface area contributed by atoms with Gasteiger partial charge in [-0.1, -0.05) is 37.3 Å². The van der Waals surface area contributed by atoms with Crippen molar-refractivity contribution in [3.05, 3.63) is 42.4 Å². The van der Waals surface area contributed by atoms with Crippen molar-refractivity contribution < 1.29 is 4.79 Å². The van der Waals surface area contributed by atoms with E-state index in [1.54, 1.807) is 0 Å². The summed E-state index contributed by atoms with van der Waals surface area (Å²) in [5, 5.41) is 6.23. The van der Waals surface area contributed by atoms with Crippen LogP contribution in [0, 0.1) is 0 Å². The van der Waals surface area contributed by atoms with Gasteiger partial charge in [-0.25, -0.2) is 4.98 Å². The third-order valence-electron chi connectivity index (χ3n) is 4.42. The molecule has 0 aliphatic heterocycles. The highest BCUT2D eigenvalue weighted by atomic mass is 127. The third kappa shape index (κ3) is 8.43. The molecule has 0 saturated heterocycles. The van der Waals surface area contributed by atoms with Crippen molar-refractivity contribution >= 4 is 35.8 Å². The summed E-state index contributed by atoms with van der Waals surface area (Å²) in [5.41, 5.74) is 2.10. The van der Waals surface area contributed by atoms with Crippen LogP contribution in [0.4, 0.5) is 0 Å². The molecule has 0 spiro atoms. The van der Waals surface area contributed by atoms with Crippen molar-refractivity contribution in [2.75, 3.05) is 20.1 Å². The summed E-state index contributed by atoms with van der Waals surface area (Å²) in [6.07, 6.45) is 3.16. The van der Waals surface area contributed by atoms with E-state index >= 15 is 0 Å². The molecule has 29 heavy (non-hydrogen) atoms. The molecule has 0 saturated carbocycles. The highest BCUT2D eigenvalue weighted by Gasteiger charge is 2.11. The molecule has 2 aromatic rings. The van der Waals surface area contributed by atoms with E-state index in [1.807, 2.05) is 50.2 Å². The second-order valence-corrected chi connectivity index (χ2v) is 6.83. The first-order valence-corrected chi connectivity index (χ1v) is 9.91. The van der Waals surface area contributed by atoms with Gasteiger partial charge in [-0.15, -0.1) is 24.0 Å². The van der Waals surface area contributed by atoms with Crippen LogP contribution in [0.15, 0.2) is 41.5 Å². The Morgan fingerprint density at radius 3 is 2.66 bits per heavy atom. The Balaban J connectivity index is 0.00000420. The molecule has 0 aliphatic rings. The molecule has 1 heterocycles. The van der Waals surface area contributed by atoms with Crippen LogP contribution < -0.4 is 10.6 Å². The number of halogens is 1. The van der Waals surface area contributed by atoms with Gasteiger partial charge >= 0.3 is 0 Å². The van der Waals surface area contributed by atoms with Gasteiger partial charge < -0.3 is 20.5 Å². The molecule has 1 amide bonds. The molecule has 8 heteroatoms. The minimum atomic E-state index is 0. The Bertz CT molecular complexity index is 762. The molecule has 0 bridgehead atoms. The van der Waals surface area contributed by atoms with Crippen LogP contribution in [-0.4, -0.2) is 52.9 Å². The van der Waals surface area contributed by atoms with Crippen molar-refractivity contribution in [2.24, 2.45) is 4.99 Å². The standard InChI is InChI=1S/C21H32N6O.HI/c1-5-16(3)25-20(28)12-13-23-21(22-6-2)27(4)15-19-24-14-18(26-19)17-10-8-7-9-11-17;/h7-11,14,16H,5-6,12-13,15H2,1-4H3,(H,22,23)(H,24,26)(H,25,28);1H. The molecule has 1 aromatic carbocycles. The summed E-state index contributed by atoms with van der Waals surface area (Å²) >= 11 is 0. The lowest BCUT2D eigenvalue weighted by atomic mass is 10.2. The summed E-state index contributed by atoms with van der Waals surface area (Å²) in [4.78, 5) is 26.3. The van der Waals surface area contributed by atoms with Gasteiger partial charge in [0.2, 0.25) is 5.91 Å². The molecule has 3 N–H and O–H groups in total. The van der Waals surface area contributed by atoms with Gasteiger partial charge in [0, 0.05) is 26.1 Å². The number of hydrogen-bond acceptors (Lipinski definition) is 3. The highest BCUT2D eigenvalue weighted by Crippen LogP contribution is 2.16. The average Bonchev–Trinajstić information content (AvgIpc) is 3.16. The number of aromatic nitrogens is 2. The first-order chi connectivity index (χ1) is 13.5. The van der Waals surface area contributed by atoms with Crippen LogP contribution in [0.2, 0.25) is 0 Å². The molecule has 0 fully saturated rings. The fourth-order valence-corrected chi connectivity index (χ4v) is 2.69. The fourth-order valence-electron chi connectivity index (χ4n) is 2.69. The number of benzene rings is 1. The van der Waals surface area contributed by atoms with Gasteiger partial charge in [0.05, 0.1) is 25.0 Å². The molecule has 0 radical (unpaired) electrons. The number of nitrogens with zero attached hydrogens (tertiary/aromatic N) is 3. The lowest BCUT2D eigenvalue weighted by molar-refractivity contribution is -0.121. The van der Waals surface area contributed by atoms with Gasteiger partial charge in [0.15, 0.2) is 5.96 Å². The number of rotatable bonds is 9. The van der Waals surface area contributed by atoms with Crippen molar-refractivity contribution in [3.8, 4) is 11.3 Å². The van der Waals surface area contributed by atoms with Crippen molar-refractivity contribution in [2.45, 2.75) is 46.2 Å². The van der Waals surface area contributed by atoms with E-state index in [-0.39, 0.29) is 35.9 Å². The summed E-state index contributed by atoms with van der Waals surface area (Å²) in [6, 6.07) is 10.3. The monoisotopic (exact) mass is 512 g/mol. The average molecular weight is 512 g/mol. The van der Waals surface area contributed by atoms with E-state index < -0.39 is 0 Å². The topological polar surface area (TPSA) is 85.4 Å². The number of amides is 1. The van der Waals surface area contributed by atoms with Crippen molar-refractivity contribution in [1.29, 1.82) is 0 Å². The van der Waals surface area contributed by atoms with E-state index in [0.717, 1.165) is 36.0 Å². The smallest absolute Gasteiger partial charge is 0.222 e. The molecular formula is C21H33IN6O. The lowest BCUT2D eigenvalue weighted by Gasteiger charge is -2.21. The number of aromatic amines is 1. The van der Waals surface area contributed by atoms with Crippen LogP contribution in [0.5, 0.6) is 0 Å².